The van der Waals surface area contributed by atoms with Gasteiger partial charge >= 0.3 is 0 Å². The van der Waals surface area contributed by atoms with Gasteiger partial charge < -0.3 is 9.47 Å². The van der Waals surface area contributed by atoms with Crippen molar-refractivity contribution in [1.82, 2.24) is 0 Å². The lowest BCUT2D eigenvalue weighted by molar-refractivity contribution is 0.0497. The van der Waals surface area contributed by atoms with Gasteiger partial charge in [-0.15, -0.1) is 0 Å². The third-order valence-electron chi connectivity index (χ3n) is 6.55. The third kappa shape index (κ3) is 5.72. The summed E-state index contributed by atoms with van der Waals surface area (Å²) in [5.74, 6) is 1.76. The highest BCUT2D eigenvalue weighted by molar-refractivity contribution is 7.92. The Morgan fingerprint density at radius 2 is 1.76 bits per heavy atom. The molecule has 4 rings (SSSR count). The van der Waals surface area contributed by atoms with E-state index in [1.54, 1.807) is 10.4 Å². The number of nitrogens with zero attached hydrogens (tertiary/aromatic N) is 1. The molecule has 5 nitrogen and oxygen atoms in total. The first-order chi connectivity index (χ1) is 15.8. The molecule has 2 aromatic carbocycles. The Morgan fingerprint density at radius 3 is 2.39 bits per heavy atom. The number of aryl methyl sites for hydroxylation is 2. The van der Waals surface area contributed by atoms with Crippen molar-refractivity contribution < 1.29 is 17.9 Å². The van der Waals surface area contributed by atoms with Gasteiger partial charge in [0.1, 0.15) is 5.75 Å². The SMILES string of the molecule is Cc1ccc(N(CC(C)C)S(=O)(=O)c2ccc(OCC3CCOCC3)cc2C2CC2)c(C)c1. The summed E-state index contributed by atoms with van der Waals surface area (Å²) in [7, 11) is -3.71. The van der Waals surface area contributed by atoms with Gasteiger partial charge in [-0.25, -0.2) is 8.42 Å². The predicted octanol–water partition coefficient (Wildman–Crippen LogP) is 5.84. The van der Waals surface area contributed by atoms with Crippen LogP contribution >= 0.6 is 0 Å². The summed E-state index contributed by atoms with van der Waals surface area (Å²) in [5.41, 5.74) is 3.76. The Hall–Kier alpha value is -2.05. The molecule has 0 atom stereocenters. The minimum Gasteiger partial charge on any atom is -0.493 e. The van der Waals surface area contributed by atoms with E-state index in [1.807, 2.05) is 44.2 Å². The second kappa shape index (κ2) is 10.1. The van der Waals surface area contributed by atoms with Gasteiger partial charge in [0, 0.05) is 19.8 Å². The average Bonchev–Trinajstić information content (AvgIpc) is 3.62. The largest absolute Gasteiger partial charge is 0.493 e. The van der Waals surface area contributed by atoms with Gasteiger partial charge in [0.2, 0.25) is 0 Å². The lowest BCUT2D eigenvalue weighted by Crippen LogP contribution is -2.35. The van der Waals surface area contributed by atoms with E-state index < -0.39 is 10.0 Å². The lowest BCUT2D eigenvalue weighted by Gasteiger charge is -2.29. The molecule has 1 aliphatic carbocycles. The van der Waals surface area contributed by atoms with Crippen molar-refractivity contribution in [1.29, 1.82) is 0 Å². The number of benzene rings is 2. The summed E-state index contributed by atoms with van der Waals surface area (Å²) in [5, 5.41) is 0. The van der Waals surface area contributed by atoms with Crippen molar-refractivity contribution in [3.63, 3.8) is 0 Å². The maximum Gasteiger partial charge on any atom is 0.264 e. The zero-order chi connectivity index (χ0) is 23.6. The number of ether oxygens (including phenoxy) is 2. The molecule has 0 bridgehead atoms. The molecule has 2 aromatic rings. The molecular formula is C27H37NO4S. The fraction of sp³-hybridized carbons (Fsp3) is 0.556. The summed E-state index contributed by atoms with van der Waals surface area (Å²) in [6.07, 6.45) is 4.09. The quantitative estimate of drug-likeness (QED) is 0.461. The Kier molecular flexibility index (Phi) is 7.34. The zero-order valence-corrected chi connectivity index (χ0v) is 21.2. The number of anilines is 1. The van der Waals surface area contributed by atoms with Gasteiger partial charge in [-0.1, -0.05) is 31.5 Å². The average molecular weight is 472 g/mol. The number of hydrogen-bond acceptors (Lipinski definition) is 4. The second-order valence-corrected chi connectivity index (χ2v) is 11.9. The molecule has 0 spiro atoms. The van der Waals surface area contributed by atoms with Crippen molar-refractivity contribution in [2.24, 2.45) is 11.8 Å². The smallest absolute Gasteiger partial charge is 0.264 e. The summed E-state index contributed by atoms with van der Waals surface area (Å²) in [6, 6.07) is 11.5. The first-order valence-electron chi connectivity index (χ1n) is 12.2. The van der Waals surface area contributed by atoms with Gasteiger partial charge in [0.25, 0.3) is 10.0 Å². The van der Waals surface area contributed by atoms with Crippen LogP contribution in [0, 0.1) is 25.7 Å². The van der Waals surface area contributed by atoms with E-state index in [0.717, 1.165) is 67.0 Å². The molecule has 0 unspecified atom stereocenters. The minimum absolute atomic E-state index is 0.201. The lowest BCUT2D eigenvalue weighted by atomic mass is 10.0. The Balaban J connectivity index is 1.65. The molecule has 0 radical (unpaired) electrons. The predicted molar refractivity (Wildman–Crippen MR) is 133 cm³/mol. The standard InChI is InChI=1S/C27H37NO4S/c1-19(2)17-28(26-9-5-20(3)15-21(26)4)33(29,30)27-10-8-24(16-25(27)23-6-7-23)32-18-22-11-13-31-14-12-22/h5,8-10,15-16,19,22-23H,6-7,11-14,17-18H2,1-4H3. The number of sulfonamides is 1. The first kappa shape index (κ1) is 24.1. The fourth-order valence-corrected chi connectivity index (χ4v) is 6.51. The molecule has 2 aliphatic rings. The summed E-state index contributed by atoms with van der Waals surface area (Å²) >= 11 is 0. The molecule has 1 saturated carbocycles. The van der Waals surface area contributed by atoms with E-state index in [9.17, 15) is 8.42 Å². The topological polar surface area (TPSA) is 55.8 Å². The van der Waals surface area contributed by atoms with Gasteiger partial charge in [-0.2, -0.15) is 0 Å². The highest BCUT2D eigenvalue weighted by Crippen LogP contribution is 2.45. The van der Waals surface area contributed by atoms with E-state index in [0.29, 0.717) is 29.9 Å². The van der Waals surface area contributed by atoms with Crippen LogP contribution in [0.15, 0.2) is 41.3 Å². The molecule has 6 heteroatoms. The van der Waals surface area contributed by atoms with E-state index >= 15 is 0 Å². The molecule has 1 heterocycles. The molecule has 0 amide bonds. The maximum atomic E-state index is 14.0. The molecule has 1 aliphatic heterocycles. The van der Waals surface area contributed by atoms with Gasteiger partial charge in [0.05, 0.1) is 17.2 Å². The van der Waals surface area contributed by atoms with Crippen LogP contribution < -0.4 is 9.04 Å². The highest BCUT2D eigenvalue weighted by atomic mass is 32.2. The van der Waals surface area contributed by atoms with Crippen molar-refractivity contribution in [3.8, 4) is 5.75 Å². The Bertz CT molecular complexity index is 1070. The second-order valence-electron chi connectivity index (χ2n) is 10.1. The molecule has 33 heavy (non-hydrogen) atoms. The van der Waals surface area contributed by atoms with Crippen molar-refractivity contribution in [2.75, 3.05) is 30.7 Å². The van der Waals surface area contributed by atoms with E-state index in [1.165, 1.54) is 0 Å². The molecule has 2 fully saturated rings. The normalized spacial score (nSPS) is 17.4. The monoisotopic (exact) mass is 471 g/mol. The molecule has 0 aromatic heterocycles. The molecule has 0 N–H and O–H groups in total. The maximum absolute atomic E-state index is 14.0. The summed E-state index contributed by atoms with van der Waals surface area (Å²) < 4.78 is 41.2. The van der Waals surface area contributed by atoms with Crippen LogP contribution in [-0.4, -0.2) is 34.8 Å². The van der Waals surface area contributed by atoms with Crippen molar-refractivity contribution >= 4 is 15.7 Å². The highest BCUT2D eigenvalue weighted by Gasteiger charge is 2.35. The van der Waals surface area contributed by atoms with Gasteiger partial charge in [0.15, 0.2) is 0 Å². The Morgan fingerprint density at radius 1 is 1.03 bits per heavy atom. The van der Waals surface area contributed by atoms with Crippen LogP contribution in [0.1, 0.15) is 62.1 Å². The molecule has 180 valence electrons. The van der Waals surface area contributed by atoms with Crippen LogP contribution in [0.4, 0.5) is 5.69 Å². The fourth-order valence-electron chi connectivity index (χ4n) is 4.55. The number of hydrogen-bond donors (Lipinski definition) is 0. The van der Waals surface area contributed by atoms with Crippen molar-refractivity contribution in [3.05, 3.63) is 53.1 Å². The number of rotatable bonds is 9. The van der Waals surface area contributed by atoms with Crippen LogP contribution in [-0.2, 0) is 14.8 Å². The van der Waals surface area contributed by atoms with Gasteiger partial charge in [-0.3, -0.25) is 4.31 Å². The summed E-state index contributed by atoms with van der Waals surface area (Å²) in [6.45, 7) is 10.8. The zero-order valence-electron chi connectivity index (χ0n) is 20.3. The molecule has 1 saturated heterocycles. The van der Waals surface area contributed by atoms with Crippen LogP contribution in [0.25, 0.3) is 0 Å². The van der Waals surface area contributed by atoms with Crippen LogP contribution in [0.5, 0.6) is 5.75 Å². The summed E-state index contributed by atoms with van der Waals surface area (Å²) in [4.78, 5) is 0.420. The minimum atomic E-state index is -3.71. The Labute approximate surface area is 199 Å². The van der Waals surface area contributed by atoms with Crippen molar-refractivity contribution in [2.45, 2.75) is 64.2 Å². The van der Waals surface area contributed by atoms with Gasteiger partial charge in [-0.05, 0) is 92.7 Å². The first-order valence-corrected chi connectivity index (χ1v) is 13.6. The van der Waals surface area contributed by atoms with E-state index in [2.05, 4.69) is 13.8 Å². The van der Waals surface area contributed by atoms with Crippen LogP contribution in [0.3, 0.4) is 0 Å². The third-order valence-corrected chi connectivity index (χ3v) is 8.40. The van der Waals surface area contributed by atoms with E-state index in [4.69, 9.17) is 9.47 Å². The molecular weight excluding hydrogens is 434 g/mol. The van der Waals surface area contributed by atoms with E-state index in [-0.39, 0.29) is 5.92 Å². The van der Waals surface area contributed by atoms with Crippen LogP contribution in [0.2, 0.25) is 0 Å².